The molecule has 0 spiro atoms. The number of hydrogen-bond acceptors (Lipinski definition) is 1. The van der Waals surface area contributed by atoms with Gasteiger partial charge in [0, 0.05) is 12.1 Å². The Kier molecular flexibility index (Phi) is 2.72. The van der Waals surface area contributed by atoms with E-state index < -0.39 is 17.5 Å². The van der Waals surface area contributed by atoms with Gasteiger partial charge in [-0.1, -0.05) is 6.58 Å². The molecule has 0 aliphatic carbocycles. The molecule has 1 nitrogen and oxygen atoms in total. The zero-order valence-corrected chi connectivity index (χ0v) is 6.78. The van der Waals surface area contributed by atoms with Crippen molar-refractivity contribution in [1.29, 1.82) is 0 Å². The van der Waals surface area contributed by atoms with Crippen LogP contribution in [0, 0.1) is 17.5 Å². The molecule has 13 heavy (non-hydrogen) atoms. The van der Waals surface area contributed by atoms with Crippen molar-refractivity contribution < 1.29 is 13.2 Å². The van der Waals surface area contributed by atoms with Crippen molar-refractivity contribution in [2.24, 2.45) is 5.73 Å². The summed E-state index contributed by atoms with van der Waals surface area (Å²) in [5.41, 5.74) is 5.33. The van der Waals surface area contributed by atoms with E-state index in [1.165, 1.54) is 0 Å². The van der Waals surface area contributed by atoms with E-state index in [2.05, 4.69) is 6.58 Å². The molecular formula is C9H8F3N. The molecule has 70 valence electrons. The van der Waals surface area contributed by atoms with Gasteiger partial charge < -0.3 is 5.73 Å². The molecule has 0 aliphatic heterocycles. The Morgan fingerprint density at radius 1 is 1.23 bits per heavy atom. The lowest BCUT2D eigenvalue weighted by Gasteiger charge is -2.05. The lowest BCUT2D eigenvalue weighted by molar-refractivity contribution is 0.445. The van der Waals surface area contributed by atoms with E-state index in [0.717, 1.165) is 12.1 Å². The standard InChI is InChI=1S/C9H8F3N/c1-5(4-13)6-2-3-7(10)9(12)8(6)11/h2-3H,1,4,13H2. The van der Waals surface area contributed by atoms with Gasteiger partial charge in [0.15, 0.2) is 17.5 Å². The van der Waals surface area contributed by atoms with Crippen LogP contribution in [-0.4, -0.2) is 6.54 Å². The molecule has 0 bridgehead atoms. The molecular weight excluding hydrogens is 179 g/mol. The molecule has 0 saturated carbocycles. The van der Waals surface area contributed by atoms with Gasteiger partial charge in [0.05, 0.1) is 0 Å². The van der Waals surface area contributed by atoms with Crippen LogP contribution in [0.2, 0.25) is 0 Å². The molecule has 0 unspecified atom stereocenters. The fourth-order valence-corrected chi connectivity index (χ4v) is 0.909. The predicted molar refractivity (Wildman–Crippen MR) is 44.4 cm³/mol. The zero-order chi connectivity index (χ0) is 10.0. The molecule has 0 atom stereocenters. The number of nitrogens with two attached hydrogens (primary N) is 1. The maximum absolute atomic E-state index is 13.0. The van der Waals surface area contributed by atoms with Crippen LogP contribution >= 0.6 is 0 Å². The smallest absolute Gasteiger partial charge is 0.195 e. The van der Waals surface area contributed by atoms with Crippen molar-refractivity contribution in [2.75, 3.05) is 6.54 Å². The molecule has 0 amide bonds. The summed E-state index contributed by atoms with van der Waals surface area (Å²) in [6, 6.07) is 1.96. The normalized spacial score (nSPS) is 10.2. The molecule has 1 rings (SSSR count). The molecule has 0 aliphatic rings. The number of benzene rings is 1. The van der Waals surface area contributed by atoms with Crippen LogP contribution < -0.4 is 5.73 Å². The maximum atomic E-state index is 13.0. The van der Waals surface area contributed by atoms with Crippen molar-refractivity contribution in [1.82, 2.24) is 0 Å². The maximum Gasteiger partial charge on any atom is 0.195 e. The molecule has 0 aromatic heterocycles. The molecule has 4 heteroatoms. The molecule has 1 aromatic carbocycles. The van der Waals surface area contributed by atoms with Crippen LogP contribution in [0.3, 0.4) is 0 Å². The second kappa shape index (κ2) is 3.62. The minimum Gasteiger partial charge on any atom is -0.326 e. The summed E-state index contributed by atoms with van der Waals surface area (Å²) < 4.78 is 38.1. The third kappa shape index (κ3) is 1.72. The first-order valence-corrected chi connectivity index (χ1v) is 3.59. The van der Waals surface area contributed by atoms with Gasteiger partial charge in [-0.15, -0.1) is 0 Å². The highest BCUT2D eigenvalue weighted by atomic mass is 19.2. The highest BCUT2D eigenvalue weighted by Crippen LogP contribution is 2.20. The summed E-state index contributed by atoms with van der Waals surface area (Å²) in [6.45, 7) is 3.42. The van der Waals surface area contributed by atoms with Crippen molar-refractivity contribution >= 4 is 5.57 Å². The summed E-state index contributed by atoms with van der Waals surface area (Å²) in [5.74, 6) is -3.95. The average Bonchev–Trinajstić information content (AvgIpc) is 2.13. The average molecular weight is 187 g/mol. The third-order valence-corrected chi connectivity index (χ3v) is 1.66. The van der Waals surface area contributed by atoms with Crippen LogP contribution in [0.4, 0.5) is 13.2 Å². The highest BCUT2D eigenvalue weighted by Gasteiger charge is 2.14. The first-order chi connectivity index (χ1) is 6.07. The zero-order valence-electron chi connectivity index (χ0n) is 6.78. The summed E-state index contributed by atoms with van der Waals surface area (Å²) in [6.07, 6.45) is 0. The topological polar surface area (TPSA) is 26.0 Å². The molecule has 0 saturated heterocycles. The molecule has 0 heterocycles. The fourth-order valence-electron chi connectivity index (χ4n) is 0.909. The van der Waals surface area contributed by atoms with Gasteiger partial charge in [-0.3, -0.25) is 0 Å². The van der Waals surface area contributed by atoms with Crippen LogP contribution in [0.5, 0.6) is 0 Å². The quantitative estimate of drug-likeness (QED) is 0.705. The van der Waals surface area contributed by atoms with Crippen LogP contribution in [-0.2, 0) is 0 Å². The lowest BCUT2D eigenvalue weighted by Crippen LogP contribution is -2.04. The Bertz CT molecular complexity index is 347. The van der Waals surface area contributed by atoms with E-state index in [-0.39, 0.29) is 17.7 Å². The van der Waals surface area contributed by atoms with E-state index >= 15 is 0 Å². The first kappa shape index (κ1) is 9.80. The highest BCUT2D eigenvalue weighted by molar-refractivity contribution is 5.65. The third-order valence-electron chi connectivity index (χ3n) is 1.66. The van der Waals surface area contributed by atoms with Gasteiger partial charge in [-0.2, -0.15) is 0 Å². The van der Waals surface area contributed by atoms with Gasteiger partial charge in [-0.05, 0) is 17.7 Å². The Labute approximate surface area is 73.7 Å². The number of hydrogen-bond donors (Lipinski definition) is 1. The molecule has 0 fully saturated rings. The van der Waals surface area contributed by atoms with E-state index in [4.69, 9.17) is 5.73 Å². The van der Waals surface area contributed by atoms with Gasteiger partial charge in [-0.25, -0.2) is 13.2 Å². The van der Waals surface area contributed by atoms with Gasteiger partial charge in [0.1, 0.15) is 0 Å². The Balaban J connectivity index is 3.26. The Hall–Kier alpha value is -1.29. The van der Waals surface area contributed by atoms with E-state index in [0.29, 0.717) is 0 Å². The monoisotopic (exact) mass is 187 g/mol. The molecule has 1 aromatic rings. The summed E-state index contributed by atoms with van der Waals surface area (Å²) >= 11 is 0. The minimum atomic E-state index is -1.49. The van der Waals surface area contributed by atoms with E-state index in [1.54, 1.807) is 0 Å². The summed E-state index contributed by atoms with van der Waals surface area (Å²) in [7, 11) is 0. The molecule has 2 N–H and O–H groups in total. The summed E-state index contributed by atoms with van der Waals surface area (Å²) in [5, 5.41) is 0. The molecule has 0 radical (unpaired) electrons. The van der Waals surface area contributed by atoms with E-state index in [1.807, 2.05) is 0 Å². The van der Waals surface area contributed by atoms with Crippen molar-refractivity contribution in [2.45, 2.75) is 0 Å². The fraction of sp³-hybridized carbons (Fsp3) is 0.111. The second-order valence-electron chi connectivity index (χ2n) is 2.53. The van der Waals surface area contributed by atoms with Crippen molar-refractivity contribution in [3.63, 3.8) is 0 Å². The Morgan fingerprint density at radius 3 is 2.38 bits per heavy atom. The predicted octanol–water partition coefficient (Wildman–Crippen LogP) is 2.08. The van der Waals surface area contributed by atoms with Gasteiger partial charge in [0.2, 0.25) is 0 Å². The SMILES string of the molecule is C=C(CN)c1ccc(F)c(F)c1F. The first-order valence-electron chi connectivity index (χ1n) is 3.59. The number of halogens is 3. The van der Waals surface area contributed by atoms with Gasteiger partial charge >= 0.3 is 0 Å². The van der Waals surface area contributed by atoms with E-state index in [9.17, 15) is 13.2 Å². The largest absolute Gasteiger partial charge is 0.326 e. The van der Waals surface area contributed by atoms with Crippen LogP contribution in [0.25, 0.3) is 5.57 Å². The number of rotatable bonds is 2. The van der Waals surface area contributed by atoms with Gasteiger partial charge in [0.25, 0.3) is 0 Å². The Morgan fingerprint density at radius 2 is 1.85 bits per heavy atom. The van der Waals surface area contributed by atoms with Crippen LogP contribution in [0.15, 0.2) is 18.7 Å². The second-order valence-corrected chi connectivity index (χ2v) is 2.53. The van der Waals surface area contributed by atoms with Crippen LogP contribution in [0.1, 0.15) is 5.56 Å². The lowest BCUT2D eigenvalue weighted by atomic mass is 10.1. The summed E-state index contributed by atoms with van der Waals surface area (Å²) in [4.78, 5) is 0. The van der Waals surface area contributed by atoms with Crippen molar-refractivity contribution in [3.8, 4) is 0 Å². The van der Waals surface area contributed by atoms with Crippen molar-refractivity contribution in [3.05, 3.63) is 41.7 Å². The minimum absolute atomic E-state index is 0.00198.